The van der Waals surface area contributed by atoms with Crippen molar-refractivity contribution in [3.05, 3.63) is 41.0 Å². The minimum absolute atomic E-state index is 0.152. The van der Waals surface area contributed by atoms with Gasteiger partial charge in [0.15, 0.2) is 0 Å². The quantitative estimate of drug-likeness (QED) is 0.847. The number of morpholine rings is 1. The van der Waals surface area contributed by atoms with E-state index in [-0.39, 0.29) is 17.8 Å². The molecular weight excluding hydrogens is 320 g/mol. The van der Waals surface area contributed by atoms with Gasteiger partial charge in [-0.3, -0.25) is 9.78 Å². The molecule has 1 aliphatic heterocycles. The molecule has 1 fully saturated rings. The van der Waals surface area contributed by atoms with Gasteiger partial charge in [0.25, 0.3) is 5.91 Å². The van der Waals surface area contributed by atoms with Gasteiger partial charge in [-0.25, -0.2) is 0 Å². The zero-order valence-corrected chi connectivity index (χ0v) is 15.2. The molecule has 1 aliphatic rings. The third-order valence-corrected chi connectivity index (χ3v) is 4.29. The molecule has 2 aromatic heterocycles. The number of nitrogens with zero attached hydrogens (tertiary/aromatic N) is 4. The summed E-state index contributed by atoms with van der Waals surface area (Å²) in [4.78, 5) is 21.0. The van der Waals surface area contributed by atoms with Crippen molar-refractivity contribution in [2.45, 2.75) is 26.4 Å². The van der Waals surface area contributed by atoms with Crippen LogP contribution in [-0.4, -0.2) is 54.7 Å². The second kappa shape index (κ2) is 7.23. The first-order valence-corrected chi connectivity index (χ1v) is 8.50. The average molecular weight is 344 g/mol. The van der Waals surface area contributed by atoms with Crippen LogP contribution in [0, 0.1) is 6.92 Å². The molecule has 1 atom stereocenters. The van der Waals surface area contributed by atoms with Gasteiger partial charge in [-0.05, 0) is 25.5 Å². The van der Waals surface area contributed by atoms with Gasteiger partial charge in [-0.1, -0.05) is 12.1 Å². The molecule has 0 radical (unpaired) electrons. The summed E-state index contributed by atoms with van der Waals surface area (Å²) in [7, 11) is 3.98. The zero-order chi connectivity index (χ0) is 18.0. The van der Waals surface area contributed by atoms with Crippen LogP contribution in [0.25, 0.3) is 0 Å². The van der Waals surface area contributed by atoms with Crippen molar-refractivity contribution in [3.8, 4) is 0 Å². The van der Waals surface area contributed by atoms with Crippen molar-refractivity contribution in [2.75, 3.05) is 38.7 Å². The van der Waals surface area contributed by atoms with E-state index in [2.05, 4.69) is 10.1 Å². The molecule has 134 valence electrons. The van der Waals surface area contributed by atoms with Crippen LogP contribution in [0.3, 0.4) is 0 Å². The van der Waals surface area contributed by atoms with E-state index in [0.29, 0.717) is 19.7 Å². The molecule has 3 rings (SSSR count). The molecule has 0 aliphatic carbocycles. The van der Waals surface area contributed by atoms with Crippen LogP contribution in [0.1, 0.15) is 40.7 Å². The first kappa shape index (κ1) is 17.4. The van der Waals surface area contributed by atoms with E-state index in [1.54, 1.807) is 11.0 Å². The molecule has 0 bridgehead atoms. The maximum atomic E-state index is 12.7. The van der Waals surface area contributed by atoms with Gasteiger partial charge in [0.1, 0.15) is 6.10 Å². The van der Waals surface area contributed by atoms with Gasteiger partial charge in [0.2, 0.25) is 5.76 Å². The molecule has 0 saturated carbocycles. The fraction of sp³-hybridized carbons (Fsp3) is 0.500. The van der Waals surface area contributed by atoms with Gasteiger partial charge < -0.3 is 19.1 Å². The maximum Gasteiger partial charge on any atom is 0.292 e. The van der Waals surface area contributed by atoms with Crippen LogP contribution >= 0.6 is 0 Å². The lowest BCUT2D eigenvalue weighted by Crippen LogP contribution is -2.42. The number of rotatable bonds is 4. The highest BCUT2D eigenvalue weighted by Gasteiger charge is 2.29. The number of carbonyl (C=O) groups is 1. The molecule has 0 unspecified atom stereocenters. The summed E-state index contributed by atoms with van der Waals surface area (Å²) in [6, 6.07) is 5.74. The average Bonchev–Trinajstić information content (AvgIpc) is 3.10. The fourth-order valence-corrected chi connectivity index (χ4v) is 2.85. The molecule has 25 heavy (non-hydrogen) atoms. The Bertz CT molecular complexity index is 757. The van der Waals surface area contributed by atoms with Gasteiger partial charge >= 0.3 is 0 Å². The third-order valence-electron chi connectivity index (χ3n) is 4.29. The van der Waals surface area contributed by atoms with E-state index in [1.807, 2.05) is 45.0 Å². The SMILES string of the molecule is CCc1cc(C(=O)N2CCO[C@H](c3cc(N(C)C)cc(C)n3)C2)on1. The van der Waals surface area contributed by atoms with Gasteiger partial charge in [-0.15, -0.1) is 0 Å². The summed E-state index contributed by atoms with van der Waals surface area (Å²) in [6.45, 7) is 5.39. The van der Waals surface area contributed by atoms with Crippen molar-refractivity contribution in [3.63, 3.8) is 0 Å². The maximum absolute atomic E-state index is 12.7. The summed E-state index contributed by atoms with van der Waals surface area (Å²) in [5.74, 6) is 0.129. The van der Waals surface area contributed by atoms with Crippen molar-refractivity contribution in [1.29, 1.82) is 0 Å². The molecule has 7 nitrogen and oxygen atoms in total. The van der Waals surface area contributed by atoms with Crippen LogP contribution in [0.15, 0.2) is 22.7 Å². The number of hydrogen-bond acceptors (Lipinski definition) is 6. The lowest BCUT2D eigenvalue weighted by atomic mass is 10.1. The Morgan fingerprint density at radius 1 is 1.36 bits per heavy atom. The second-order valence-corrected chi connectivity index (χ2v) is 6.43. The van der Waals surface area contributed by atoms with E-state index in [1.165, 1.54) is 0 Å². The van der Waals surface area contributed by atoms with Crippen LogP contribution in [0.4, 0.5) is 5.69 Å². The number of hydrogen-bond donors (Lipinski definition) is 0. The van der Waals surface area contributed by atoms with E-state index in [0.717, 1.165) is 29.2 Å². The Hall–Kier alpha value is -2.41. The molecule has 1 saturated heterocycles. The first-order chi connectivity index (χ1) is 12.0. The summed E-state index contributed by atoms with van der Waals surface area (Å²) in [5, 5.41) is 3.90. The number of anilines is 1. The second-order valence-electron chi connectivity index (χ2n) is 6.43. The third kappa shape index (κ3) is 3.82. The smallest absolute Gasteiger partial charge is 0.292 e. The first-order valence-electron chi connectivity index (χ1n) is 8.50. The molecule has 1 amide bonds. The number of ether oxygens (including phenoxy) is 1. The van der Waals surface area contributed by atoms with Crippen LogP contribution in [0.5, 0.6) is 0 Å². The monoisotopic (exact) mass is 344 g/mol. The number of aromatic nitrogens is 2. The Balaban J connectivity index is 1.78. The Kier molecular flexibility index (Phi) is 5.03. The number of carbonyl (C=O) groups excluding carboxylic acids is 1. The highest BCUT2D eigenvalue weighted by molar-refractivity contribution is 5.91. The van der Waals surface area contributed by atoms with Crippen molar-refractivity contribution >= 4 is 11.6 Å². The Morgan fingerprint density at radius 2 is 2.16 bits per heavy atom. The minimum atomic E-state index is -0.245. The molecule has 0 spiro atoms. The van der Waals surface area contributed by atoms with Crippen molar-refractivity contribution < 1.29 is 14.1 Å². The zero-order valence-electron chi connectivity index (χ0n) is 15.2. The van der Waals surface area contributed by atoms with E-state index >= 15 is 0 Å². The largest absolute Gasteiger partial charge is 0.378 e. The van der Waals surface area contributed by atoms with E-state index in [9.17, 15) is 4.79 Å². The van der Waals surface area contributed by atoms with Crippen molar-refractivity contribution in [2.24, 2.45) is 0 Å². The topological polar surface area (TPSA) is 71.7 Å². The molecule has 7 heteroatoms. The van der Waals surface area contributed by atoms with Gasteiger partial charge in [-0.2, -0.15) is 0 Å². The standard InChI is InChI=1S/C18H24N4O3/c1-5-13-9-16(25-20-13)18(23)22-6-7-24-17(11-22)15-10-14(21(3)4)8-12(2)19-15/h8-10,17H,5-7,11H2,1-4H3/t17-/m0/s1. The van der Waals surface area contributed by atoms with E-state index in [4.69, 9.17) is 9.26 Å². The van der Waals surface area contributed by atoms with Gasteiger partial charge in [0.05, 0.1) is 24.5 Å². The Morgan fingerprint density at radius 3 is 2.84 bits per heavy atom. The van der Waals surface area contributed by atoms with Crippen LogP contribution < -0.4 is 4.90 Å². The highest BCUT2D eigenvalue weighted by atomic mass is 16.5. The summed E-state index contributed by atoms with van der Waals surface area (Å²) in [5.41, 5.74) is 3.62. The number of amides is 1. The number of pyridine rings is 1. The lowest BCUT2D eigenvalue weighted by Gasteiger charge is -2.32. The normalized spacial score (nSPS) is 17.6. The van der Waals surface area contributed by atoms with Crippen LogP contribution in [-0.2, 0) is 11.2 Å². The lowest BCUT2D eigenvalue weighted by molar-refractivity contribution is -0.0259. The molecule has 3 heterocycles. The summed E-state index contributed by atoms with van der Waals surface area (Å²) >= 11 is 0. The molecule has 0 aromatic carbocycles. The minimum Gasteiger partial charge on any atom is -0.378 e. The predicted octanol–water partition coefficient (Wildman–Crippen LogP) is 2.22. The van der Waals surface area contributed by atoms with Crippen LogP contribution in [0.2, 0.25) is 0 Å². The fourth-order valence-electron chi connectivity index (χ4n) is 2.85. The van der Waals surface area contributed by atoms with Crippen molar-refractivity contribution in [1.82, 2.24) is 15.0 Å². The molecular formula is C18H24N4O3. The van der Waals surface area contributed by atoms with Gasteiger partial charge in [0, 0.05) is 38.1 Å². The summed E-state index contributed by atoms with van der Waals surface area (Å²) < 4.78 is 11.1. The summed E-state index contributed by atoms with van der Waals surface area (Å²) in [6.07, 6.45) is 0.494. The predicted molar refractivity (Wildman–Crippen MR) is 93.8 cm³/mol. The highest BCUT2D eigenvalue weighted by Crippen LogP contribution is 2.25. The molecule has 2 aromatic rings. The molecule has 0 N–H and O–H groups in total. The van der Waals surface area contributed by atoms with E-state index < -0.39 is 0 Å². The Labute approximate surface area is 147 Å². The number of aryl methyl sites for hydroxylation is 2.